The second-order valence-electron chi connectivity index (χ2n) is 7.11. The van der Waals surface area contributed by atoms with Crippen LogP contribution in [0.25, 0.3) is 10.9 Å². The van der Waals surface area contributed by atoms with Gasteiger partial charge in [-0.2, -0.15) is 0 Å². The Morgan fingerprint density at radius 1 is 1.21 bits per heavy atom. The van der Waals surface area contributed by atoms with E-state index in [9.17, 15) is 4.39 Å². The van der Waals surface area contributed by atoms with Gasteiger partial charge in [-0.1, -0.05) is 0 Å². The smallest absolute Gasteiger partial charge is 0.197 e. The van der Waals surface area contributed by atoms with Gasteiger partial charge in [-0.25, -0.2) is 14.4 Å². The van der Waals surface area contributed by atoms with Crippen LogP contribution in [0, 0.1) is 5.82 Å². The molecular weight excluding hydrogens is 379 g/mol. The summed E-state index contributed by atoms with van der Waals surface area (Å²) >= 11 is 1.43. The predicted octanol–water partition coefficient (Wildman–Crippen LogP) is 3.57. The Balaban J connectivity index is 1.74. The molecule has 1 fully saturated rings. The Labute approximate surface area is 167 Å². The Morgan fingerprint density at radius 3 is 2.71 bits per heavy atom. The maximum atomic E-state index is 14.0. The van der Waals surface area contributed by atoms with Crippen LogP contribution in [-0.4, -0.2) is 44.9 Å². The fourth-order valence-corrected chi connectivity index (χ4v) is 4.59. The molecule has 0 saturated carbocycles. The molecule has 4 rings (SSSR count). The van der Waals surface area contributed by atoms with Crippen molar-refractivity contribution < 1.29 is 9.13 Å². The molecule has 0 unspecified atom stereocenters. The molecule has 0 atom stereocenters. The number of rotatable bonds is 5. The van der Waals surface area contributed by atoms with Gasteiger partial charge in [0.1, 0.15) is 17.2 Å². The van der Waals surface area contributed by atoms with E-state index in [1.807, 2.05) is 0 Å². The number of aromatic nitrogens is 5. The van der Waals surface area contributed by atoms with E-state index in [0.717, 1.165) is 42.3 Å². The summed E-state index contributed by atoms with van der Waals surface area (Å²) in [6.45, 7) is 6.27. The lowest BCUT2D eigenvalue weighted by molar-refractivity contribution is 0.387. The van der Waals surface area contributed by atoms with Crippen LogP contribution in [0.2, 0.25) is 0 Å². The zero-order chi connectivity index (χ0) is 19.7. The summed E-state index contributed by atoms with van der Waals surface area (Å²) in [7, 11) is 1.45. The van der Waals surface area contributed by atoms with Gasteiger partial charge in [0, 0.05) is 23.4 Å². The number of hydrogen-bond acceptors (Lipinski definition) is 7. The average Bonchev–Trinajstić information content (AvgIpc) is 3.12. The maximum Gasteiger partial charge on any atom is 0.197 e. The second kappa shape index (κ2) is 8.00. The summed E-state index contributed by atoms with van der Waals surface area (Å²) in [6.07, 6.45) is 3.56. The monoisotopic (exact) mass is 402 g/mol. The van der Waals surface area contributed by atoms with Crippen LogP contribution < -0.4 is 10.1 Å². The van der Waals surface area contributed by atoms with Crippen LogP contribution in [0.4, 0.5) is 4.39 Å². The molecule has 148 valence electrons. The number of nitrogens with zero attached hydrogens (tertiary/aromatic N) is 5. The number of benzene rings is 1. The standard InChI is InChI=1S/C19H23FN6OS/c1-11(2)26-17(12-4-6-21-7-5-12)24-25-19(26)28-18-13-8-16(27-3)14(20)9-15(13)22-10-23-18/h8-12,21H,4-7H2,1-3H3. The van der Waals surface area contributed by atoms with Crippen LogP contribution >= 0.6 is 11.8 Å². The molecule has 0 bridgehead atoms. The van der Waals surface area contributed by atoms with Crippen molar-refractivity contribution in [2.75, 3.05) is 20.2 Å². The number of halogens is 1. The highest BCUT2D eigenvalue weighted by atomic mass is 32.2. The van der Waals surface area contributed by atoms with Crippen molar-refractivity contribution in [1.29, 1.82) is 0 Å². The molecule has 0 amide bonds. The lowest BCUT2D eigenvalue weighted by Gasteiger charge is -2.24. The van der Waals surface area contributed by atoms with E-state index >= 15 is 0 Å². The molecule has 0 spiro atoms. The summed E-state index contributed by atoms with van der Waals surface area (Å²) in [5.41, 5.74) is 0.532. The minimum atomic E-state index is -0.441. The second-order valence-corrected chi connectivity index (χ2v) is 8.07. The van der Waals surface area contributed by atoms with Gasteiger partial charge in [-0.05, 0) is 57.6 Å². The molecule has 1 aliphatic rings. The van der Waals surface area contributed by atoms with Crippen molar-refractivity contribution in [1.82, 2.24) is 30.0 Å². The topological polar surface area (TPSA) is 77.8 Å². The first-order chi connectivity index (χ1) is 13.6. The third-order valence-electron chi connectivity index (χ3n) is 4.97. The van der Waals surface area contributed by atoms with E-state index in [2.05, 4.69) is 43.9 Å². The van der Waals surface area contributed by atoms with E-state index in [1.165, 1.54) is 31.3 Å². The Hall–Kier alpha value is -2.26. The van der Waals surface area contributed by atoms with Gasteiger partial charge in [0.25, 0.3) is 0 Å². The zero-order valence-corrected chi connectivity index (χ0v) is 17.0. The predicted molar refractivity (Wildman–Crippen MR) is 105 cm³/mol. The fraction of sp³-hybridized carbons (Fsp3) is 0.474. The van der Waals surface area contributed by atoms with Crippen LogP contribution in [0.1, 0.15) is 44.5 Å². The number of fused-ring (bicyclic) bond motifs is 1. The molecule has 9 heteroatoms. The summed E-state index contributed by atoms with van der Waals surface area (Å²) in [5, 5.41) is 14.6. The van der Waals surface area contributed by atoms with E-state index in [4.69, 9.17) is 4.74 Å². The highest BCUT2D eigenvalue weighted by molar-refractivity contribution is 7.99. The van der Waals surface area contributed by atoms with E-state index in [-0.39, 0.29) is 11.8 Å². The van der Waals surface area contributed by atoms with Crippen LogP contribution in [-0.2, 0) is 0 Å². The van der Waals surface area contributed by atoms with Crippen molar-refractivity contribution in [2.24, 2.45) is 0 Å². The van der Waals surface area contributed by atoms with Crippen LogP contribution in [0.15, 0.2) is 28.6 Å². The van der Waals surface area contributed by atoms with Crippen molar-refractivity contribution in [3.8, 4) is 5.75 Å². The minimum Gasteiger partial charge on any atom is -0.494 e. The SMILES string of the molecule is COc1cc2c(Sc3nnc(C4CCNCC4)n3C(C)C)ncnc2cc1F. The number of nitrogens with one attached hydrogen (secondary N) is 1. The maximum absolute atomic E-state index is 14.0. The molecule has 0 radical (unpaired) electrons. The third-order valence-corrected chi connectivity index (χ3v) is 5.95. The highest BCUT2D eigenvalue weighted by Gasteiger charge is 2.25. The summed E-state index contributed by atoms with van der Waals surface area (Å²) in [5.74, 6) is 1.16. The fourth-order valence-electron chi connectivity index (χ4n) is 3.56. The first kappa shape index (κ1) is 19.1. The average molecular weight is 402 g/mol. The van der Waals surface area contributed by atoms with Gasteiger partial charge < -0.3 is 14.6 Å². The molecular formula is C19H23FN6OS. The summed E-state index contributed by atoms with van der Waals surface area (Å²) < 4.78 is 21.3. The van der Waals surface area contributed by atoms with E-state index in [1.54, 1.807) is 6.07 Å². The number of ether oxygens (including phenoxy) is 1. The summed E-state index contributed by atoms with van der Waals surface area (Å²) in [6, 6.07) is 3.23. The van der Waals surface area contributed by atoms with Crippen molar-refractivity contribution >= 4 is 22.7 Å². The molecule has 2 aromatic heterocycles. The van der Waals surface area contributed by atoms with Gasteiger partial charge in [-0.15, -0.1) is 10.2 Å². The largest absolute Gasteiger partial charge is 0.494 e. The number of piperidine rings is 1. The van der Waals surface area contributed by atoms with Crippen molar-refractivity contribution in [3.63, 3.8) is 0 Å². The van der Waals surface area contributed by atoms with E-state index in [0.29, 0.717) is 16.5 Å². The molecule has 1 saturated heterocycles. The first-order valence-electron chi connectivity index (χ1n) is 9.40. The molecule has 3 aromatic rings. The number of hydrogen-bond donors (Lipinski definition) is 1. The van der Waals surface area contributed by atoms with E-state index < -0.39 is 5.82 Å². The molecule has 3 heterocycles. The quantitative estimate of drug-likeness (QED) is 0.654. The Morgan fingerprint density at radius 2 is 2.00 bits per heavy atom. The molecule has 1 aliphatic heterocycles. The summed E-state index contributed by atoms with van der Waals surface area (Å²) in [4.78, 5) is 8.60. The van der Waals surface area contributed by atoms with Gasteiger partial charge in [0.05, 0.1) is 12.6 Å². The normalized spacial score (nSPS) is 15.5. The minimum absolute atomic E-state index is 0.171. The van der Waals surface area contributed by atoms with Crippen molar-refractivity contribution in [3.05, 3.63) is 30.1 Å². The zero-order valence-electron chi connectivity index (χ0n) is 16.1. The van der Waals surface area contributed by atoms with Crippen molar-refractivity contribution in [2.45, 2.75) is 48.8 Å². The molecule has 28 heavy (non-hydrogen) atoms. The Kier molecular flexibility index (Phi) is 5.45. The van der Waals surface area contributed by atoms with Crippen LogP contribution in [0.3, 0.4) is 0 Å². The lowest BCUT2D eigenvalue weighted by Crippen LogP contribution is -2.28. The van der Waals surface area contributed by atoms with Gasteiger partial charge in [0.2, 0.25) is 0 Å². The lowest BCUT2D eigenvalue weighted by atomic mass is 9.97. The van der Waals surface area contributed by atoms with Gasteiger partial charge in [-0.3, -0.25) is 0 Å². The molecule has 7 nitrogen and oxygen atoms in total. The molecule has 0 aliphatic carbocycles. The molecule has 1 N–H and O–H groups in total. The number of methoxy groups -OCH3 is 1. The highest BCUT2D eigenvalue weighted by Crippen LogP contribution is 2.36. The van der Waals surface area contributed by atoms with Gasteiger partial charge >= 0.3 is 0 Å². The molecule has 1 aromatic carbocycles. The van der Waals surface area contributed by atoms with Crippen LogP contribution in [0.5, 0.6) is 5.75 Å². The first-order valence-corrected chi connectivity index (χ1v) is 10.2. The van der Waals surface area contributed by atoms with Gasteiger partial charge in [0.15, 0.2) is 16.7 Å². The Bertz CT molecular complexity index is 986. The third kappa shape index (κ3) is 3.56.